The fourth-order valence-corrected chi connectivity index (χ4v) is 1.99. The van der Waals surface area contributed by atoms with E-state index in [9.17, 15) is 4.79 Å². The highest BCUT2D eigenvalue weighted by molar-refractivity contribution is 6.05. The van der Waals surface area contributed by atoms with Crippen LogP contribution in [0.1, 0.15) is 12.8 Å². The van der Waals surface area contributed by atoms with Gasteiger partial charge in [-0.3, -0.25) is 9.78 Å². The Morgan fingerprint density at radius 2 is 2.22 bits per heavy atom. The number of fused-ring (bicyclic) bond motifs is 1. The number of nitrogens with zero attached hydrogens (tertiary/aromatic N) is 2. The fraction of sp³-hybridized carbons (Fsp3) is 0.214. The number of carbonyl (C=O) groups excluding carboxylic acids is 1. The summed E-state index contributed by atoms with van der Waals surface area (Å²) in [5.74, 6) is -0.200. The number of carbonyl (C=O) groups is 1. The molecular weight excluding hydrogens is 226 g/mol. The molecule has 1 N–H and O–H groups in total. The number of nitrogens with one attached hydrogen (secondary N) is 1. The largest absolute Gasteiger partial charge is 0.324 e. The zero-order valence-corrected chi connectivity index (χ0v) is 9.68. The second-order valence-corrected chi connectivity index (χ2v) is 4.55. The van der Waals surface area contributed by atoms with Crippen LogP contribution in [0.2, 0.25) is 0 Å². The molecule has 1 fully saturated rings. The third kappa shape index (κ3) is 1.61. The predicted molar refractivity (Wildman–Crippen MR) is 67.7 cm³/mol. The maximum atomic E-state index is 12.0. The summed E-state index contributed by atoms with van der Waals surface area (Å²) in [6.07, 6.45) is 4.75. The molecule has 0 bridgehead atoms. The van der Waals surface area contributed by atoms with E-state index < -0.39 is 5.41 Å². The zero-order valence-electron chi connectivity index (χ0n) is 9.68. The second kappa shape index (κ2) is 3.81. The molecule has 0 radical (unpaired) electrons. The van der Waals surface area contributed by atoms with Crippen molar-refractivity contribution >= 4 is 22.4 Å². The topological polar surface area (TPSA) is 65.8 Å². The average Bonchev–Trinajstić information content (AvgIpc) is 3.20. The highest BCUT2D eigenvalue weighted by atomic mass is 16.2. The lowest BCUT2D eigenvalue weighted by Gasteiger charge is -2.10. The van der Waals surface area contributed by atoms with Crippen molar-refractivity contribution in [1.82, 2.24) is 4.98 Å². The van der Waals surface area contributed by atoms with Gasteiger partial charge in [-0.15, -0.1) is 0 Å². The van der Waals surface area contributed by atoms with E-state index in [4.69, 9.17) is 5.26 Å². The summed E-state index contributed by atoms with van der Waals surface area (Å²) in [5, 5.41) is 13.8. The van der Waals surface area contributed by atoms with Gasteiger partial charge in [-0.25, -0.2) is 0 Å². The standard InChI is InChI=1S/C14H11N3O/c15-9-14(5-6-14)13(18)17-12-3-1-2-10-8-16-7-4-11(10)12/h1-4,7-8H,5-6H2,(H,17,18). The smallest absolute Gasteiger partial charge is 0.244 e. The van der Waals surface area contributed by atoms with Crippen molar-refractivity contribution in [3.63, 3.8) is 0 Å². The van der Waals surface area contributed by atoms with Crippen LogP contribution in [0.4, 0.5) is 5.69 Å². The van der Waals surface area contributed by atoms with Crippen molar-refractivity contribution in [2.24, 2.45) is 5.41 Å². The van der Waals surface area contributed by atoms with Gasteiger partial charge in [0.25, 0.3) is 0 Å². The second-order valence-electron chi connectivity index (χ2n) is 4.55. The number of rotatable bonds is 2. The van der Waals surface area contributed by atoms with Gasteiger partial charge in [0.1, 0.15) is 5.41 Å². The summed E-state index contributed by atoms with van der Waals surface area (Å²) in [4.78, 5) is 16.1. The van der Waals surface area contributed by atoms with E-state index in [0.717, 1.165) is 16.5 Å². The van der Waals surface area contributed by atoms with Crippen molar-refractivity contribution in [2.75, 3.05) is 5.32 Å². The molecule has 1 aromatic heterocycles. The highest BCUT2D eigenvalue weighted by Gasteiger charge is 2.50. The summed E-state index contributed by atoms with van der Waals surface area (Å²) in [7, 11) is 0. The Balaban J connectivity index is 1.96. The van der Waals surface area contributed by atoms with Gasteiger partial charge in [0.05, 0.1) is 6.07 Å². The minimum Gasteiger partial charge on any atom is -0.324 e. The lowest BCUT2D eigenvalue weighted by molar-refractivity contribution is -0.119. The van der Waals surface area contributed by atoms with E-state index in [1.165, 1.54) is 0 Å². The summed E-state index contributed by atoms with van der Waals surface area (Å²) < 4.78 is 0. The van der Waals surface area contributed by atoms with Crippen LogP contribution in [0.15, 0.2) is 36.7 Å². The molecule has 1 aromatic carbocycles. The van der Waals surface area contributed by atoms with E-state index in [1.807, 2.05) is 24.3 Å². The number of benzene rings is 1. The number of nitriles is 1. The van der Waals surface area contributed by atoms with Crippen LogP contribution >= 0.6 is 0 Å². The minimum absolute atomic E-state index is 0.200. The SMILES string of the molecule is N#CC1(C(=O)Nc2cccc3cnccc23)CC1. The van der Waals surface area contributed by atoms with Crippen LogP contribution in [0.25, 0.3) is 10.8 Å². The molecule has 0 unspecified atom stereocenters. The summed E-state index contributed by atoms with van der Waals surface area (Å²) in [5.41, 5.74) is -0.0590. The predicted octanol–water partition coefficient (Wildman–Crippen LogP) is 2.48. The Morgan fingerprint density at radius 3 is 2.94 bits per heavy atom. The van der Waals surface area contributed by atoms with Gasteiger partial charge >= 0.3 is 0 Å². The first-order valence-electron chi connectivity index (χ1n) is 5.81. The molecule has 3 rings (SSSR count). The van der Waals surface area contributed by atoms with Gasteiger partial charge < -0.3 is 5.32 Å². The summed E-state index contributed by atoms with van der Waals surface area (Å²) >= 11 is 0. The van der Waals surface area contributed by atoms with Crippen molar-refractivity contribution in [2.45, 2.75) is 12.8 Å². The maximum absolute atomic E-state index is 12.0. The summed E-state index contributed by atoms with van der Waals surface area (Å²) in [6, 6.07) is 9.60. The van der Waals surface area contributed by atoms with Gasteiger partial charge in [0, 0.05) is 28.9 Å². The van der Waals surface area contributed by atoms with Crippen molar-refractivity contribution in [3.8, 4) is 6.07 Å². The van der Waals surface area contributed by atoms with Gasteiger partial charge in [-0.1, -0.05) is 12.1 Å². The third-order valence-corrected chi connectivity index (χ3v) is 3.33. The number of hydrogen-bond acceptors (Lipinski definition) is 3. The van der Waals surface area contributed by atoms with E-state index in [0.29, 0.717) is 12.8 Å². The average molecular weight is 237 g/mol. The van der Waals surface area contributed by atoms with Crippen LogP contribution < -0.4 is 5.32 Å². The minimum atomic E-state index is -0.796. The molecule has 4 heteroatoms. The number of pyridine rings is 1. The molecular formula is C14H11N3O. The van der Waals surface area contributed by atoms with Crippen LogP contribution in [-0.4, -0.2) is 10.9 Å². The van der Waals surface area contributed by atoms with Crippen molar-refractivity contribution < 1.29 is 4.79 Å². The molecule has 1 amide bonds. The van der Waals surface area contributed by atoms with Crippen LogP contribution in [0.3, 0.4) is 0 Å². The molecule has 0 saturated heterocycles. The number of hydrogen-bond donors (Lipinski definition) is 1. The number of amides is 1. The molecule has 1 heterocycles. The van der Waals surface area contributed by atoms with Crippen LogP contribution in [0.5, 0.6) is 0 Å². The first-order valence-corrected chi connectivity index (χ1v) is 5.81. The quantitative estimate of drug-likeness (QED) is 0.872. The van der Waals surface area contributed by atoms with E-state index in [1.54, 1.807) is 12.4 Å². The Morgan fingerprint density at radius 1 is 1.39 bits per heavy atom. The molecule has 18 heavy (non-hydrogen) atoms. The van der Waals surface area contributed by atoms with E-state index >= 15 is 0 Å². The number of aromatic nitrogens is 1. The fourth-order valence-electron chi connectivity index (χ4n) is 1.99. The lowest BCUT2D eigenvalue weighted by atomic mass is 10.1. The zero-order chi connectivity index (χ0) is 12.6. The molecule has 0 spiro atoms. The molecule has 1 saturated carbocycles. The first kappa shape index (κ1) is 10.7. The lowest BCUT2D eigenvalue weighted by Crippen LogP contribution is -2.22. The monoisotopic (exact) mass is 237 g/mol. The molecule has 2 aromatic rings. The Kier molecular flexibility index (Phi) is 2.27. The van der Waals surface area contributed by atoms with E-state index in [2.05, 4.69) is 16.4 Å². The molecule has 1 aliphatic carbocycles. The molecule has 1 aliphatic rings. The molecule has 0 atom stereocenters. The molecule has 4 nitrogen and oxygen atoms in total. The normalized spacial score (nSPS) is 15.9. The first-order chi connectivity index (χ1) is 8.75. The van der Waals surface area contributed by atoms with Gasteiger partial charge in [0.15, 0.2) is 0 Å². The maximum Gasteiger partial charge on any atom is 0.244 e. The van der Waals surface area contributed by atoms with Crippen molar-refractivity contribution in [3.05, 3.63) is 36.7 Å². The van der Waals surface area contributed by atoms with Crippen LogP contribution in [-0.2, 0) is 4.79 Å². The Hall–Kier alpha value is -2.41. The molecule has 0 aliphatic heterocycles. The van der Waals surface area contributed by atoms with Gasteiger partial charge in [-0.2, -0.15) is 5.26 Å². The highest BCUT2D eigenvalue weighted by Crippen LogP contribution is 2.45. The van der Waals surface area contributed by atoms with E-state index in [-0.39, 0.29) is 5.91 Å². The third-order valence-electron chi connectivity index (χ3n) is 3.33. The Bertz CT molecular complexity index is 663. The van der Waals surface area contributed by atoms with Crippen molar-refractivity contribution in [1.29, 1.82) is 5.26 Å². The van der Waals surface area contributed by atoms with Gasteiger partial charge in [-0.05, 0) is 25.0 Å². The van der Waals surface area contributed by atoms with Gasteiger partial charge in [0.2, 0.25) is 5.91 Å². The van der Waals surface area contributed by atoms with Crippen LogP contribution in [0, 0.1) is 16.7 Å². The summed E-state index contributed by atoms with van der Waals surface area (Å²) in [6.45, 7) is 0. The molecule has 88 valence electrons. The number of anilines is 1. The Labute approximate surface area is 104 Å².